The lowest BCUT2D eigenvalue weighted by Gasteiger charge is -2.29. The molecule has 1 aliphatic carbocycles. The van der Waals surface area contributed by atoms with E-state index in [4.69, 9.17) is 26.7 Å². The summed E-state index contributed by atoms with van der Waals surface area (Å²) in [7, 11) is 0. The van der Waals surface area contributed by atoms with E-state index < -0.39 is 0 Å². The van der Waals surface area contributed by atoms with E-state index >= 15 is 0 Å². The summed E-state index contributed by atoms with van der Waals surface area (Å²) >= 11 is 6.75. The second-order valence-electron chi connectivity index (χ2n) is 7.49. The summed E-state index contributed by atoms with van der Waals surface area (Å²) in [6, 6.07) is 20.0. The lowest BCUT2D eigenvalue weighted by atomic mass is 9.97. The molecule has 1 heterocycles. The summed E-state index contributed by atoms with van der Waals surface area (Å²) in [6.45, 7) is 0.767. The largest absolute Gasteiger partial charge is 0.360 e. The number of allylic oxidation sites excluding steroid dienone is 1. The SMILES string of the molecule is N=CC1=CC(N=C(c2ccccc2)c2ccccc2)C(Cl)C=C1NC1CCCCO1. The van der Waals surface area contributed by atoms with Crippen LogP contribution in [0, 0.1) is 5.41 Å². The highest BCUT2D eigenvalue weighted by molar-refractivity contribution is 6.23. The van der Waals surface area contributed by atoms with Crippen LogP contribution < -0.4 is 5.32 Å². The van der Waals surface area contributed by atoms with Crippen LogP contribution >= 0.6 is 11.6 Å². The van der Waals surface area contributed by atoms with E-state index in [9.17, 15) is 0 Å². The van der Waals surface area contributed by atoms with Crippen molar-refractivity contribution in [1.29, 1.82) is 5.41 Å². The van der Waals surface area contributed by atoms with Gasteiger partial charge in [0.25, 0.3) is 0 Å². The molecule has 2 aromatic rings. The molecule has 2 aliphatic rings. The average Bonchev–Trinajstić information content (AvgIpc) is 2.80. The molecule has 3 atom stereocenters. The first-order valence-electron chi connectivity index (χ1n) is 10.4. The molecule has 0 radical (unpaired) electrons. The minimum Gasteiger partial charge on any atom is -0.360 e. The molecule has 0 spiro atoms. The molecule has 0 aromatic heterocycles. The summed E-state index contributed by atoms with van der Waals surface area (Å²) in [5.41, 5.74) is 4.62. The highest BCUT2D eigenvalue weighted by Crippen LogP contribution is 2.25. The molecule has 1 saturated heterocycles. The molecule has 1 fully saturated rings. The van der Waals surface area contributed by atoms with E-state index in [2.05, 4.69) is 29.6 Å². The van der Waals surface area contributed by atoms with Gasteiger partial charge in [-0.05, 0) is 31.4 Å². The molecule has 4 rings (SSSR count). The monoisotopic (exact) mass is 419 g/mol. The molecule has 0 saturated carbocycles. The third-order valence-corrected chi connectivity index (χ3v) is 5.72. The Kier molecular flexibility index (Phi) is 6.77. The van der Waals surface area contributed by atoms with Gasteiger partial charge in [-0.2, -0.15) is 0 Å². The van der Waals surface area contributed by atoms with Crippen molar-refractivity contribution in [2.75, 3.05) is 6.61 Å². The first kappa shape index (κ1) is 20.6. The molecule has 1 aliphatic heterocycles. The van der Waals surface area contributed by atoms with Gasteiger partial charge >= 0.3 is 0 Å². The van der Waals surface area contributed by atoms with Crippen molar-refractivity contribution in [2.45, 2.75) is 36.9 Å². The normalized spacial score (nSPS) is 23.7. The van der Waals surface area contributed by atoms with Crippen LogP contribution in [-0.4, -0.2) is 36.2 Å². The zero-order chi connectivity index (χ0) is 20.8. The number of ether oxygens (including phenoxy) is 1. The number of aliphatic imine (C=N–C) groups is 1. The van der Waals surface area contributed by atoms with Crippen molar-refractivity contribution in [3.63, 3.8) is 0 Å². The highest BCUT2D eigenvalue weighted by atomic mass is 35.5. The van der Waals surface area contributed by atoms with Gasteiger partial charge in [0.05, 0.1) is 17.1 Å². The molecule has 5 heteroatoms. The number of hydrogen-bond donors (Lipinski definition) is 2. The van der Waals surface area contributed by atoms with Crippen LogP contribution in [0.1, 0.15) is 30.4 Å². The lowest BCUT2D eigenvalue weighted by Crippen LogP contribution is -2.37. The van der Waals surface area contributed by atoms with Gasteiger partial charge in [0.1, 0.15) is 6.23 Å². The number of halogens is 1. The number of nitrogens with zero attached hydrogens (tertiary/aromatic N) is 1. The second-order valence-corrected chi connectivity index (χ2v) is 7.99. The molecule has 3 unspecified atom stereocenters. The molecular weight excluding hydrogens is 394 g/mol. The average molecular weight is 420 g/mol. The van der Waals surface area contributed by atoms with Crippen LogP contribution in [-0.2, 0) is 4.74 Å². The second kappa shape index (κ2) is 9.88. The molecule has 0 bridgehead atoms. The Bertz CT molecular complexity index is 905. The van der Waals surface area contributed by atoms with E-state index in [-0.39, 0.29) is 17.6 Å². The molecule has 2 N–H and O–H groups in total. The van der Waals surface area contributed by atoms with Crippen molar-refractivity contribution in [1.82, 2.24) is 5.32 Å². The number of hydrogen-bond acceptors (Lipinski definition) is 4. The zero-order valence-corrected chi connectivity index (χ0v) is 17.6. The van der Waals surface area contributed by atoms with E-state index in [0.29, 0.717) is 0 Å². The van der Waals surface area contributed by atoms with Crippen LogP contribution in [0.25, 0.3) is 0 Å². The van der Waals surface area contributed by atoms with Gasteiger partial charge in [0.15, 0.2) is 0 Å². The van der Waals surface area contributed by atoms with E-state index in [1.807, 2.05) is 48.6 Å². The highest BCUT2D eigenvalue weighted by Gasteiger charge is 2.25. The maximum Gasteiger partial charge on any atom is 0.127 e. The molecule has 2 aromatic carbocycles. The van der Waals surface area contributed by atoms with Crippen molar-refractivity contribution in [3.05, 3.63) is 95.2 Å². The molecule has 154 valence electrons. The standard InChI is InChI=1S/C25H26ClN3O/c26-21-16-22(28-24-13-7-8-14-30-24)20(17-27)15-23(21)29-25(18-9-3-1-4-10-18)19-11-5-2-6-12-19/h1-6,9-12,15-17,21,23-24,27-28H,7-8,13-14H2. The van der Waals surface area contributed by atoms with Gasteiger partial charge in [0.2, 0.25) is 0 Å². The Morgan fingerprint density at radius 2 is 1.67 bits per heavy atom. The van der Waals surface area contributed by atoms with Crippen LogP contribution in [0.4, 0.5) is 0 Å². The number of rotatable bonds is 6. The molecular formula is C25H26ClN3O. The molecule has 30 heavy (non-hydrogen) atoms. The maximum absolute atomic E-state index is 7.90. The fraction of sp³-hybridized carbons (Fsp3) is 0.280. The summed E-state index contributed by atoms with van der Waals surface area (Å²) in [4.78, 5) is 5.04. The van der Waals surface area contributed by atoms with Crippen LogP contribution in [0.5, 0.6) is 0 Å². The predicted molar refractivity (Wildman–Crippen MR) is 124 cm³/mol. The van der Waals surface area contributed by atoms with Crippen molar-refractivity contribution >= 4 is 23.5 Å². The van der Waals surface area contributed by atoms with Crippen LogP contribution in [0.2, 0.25) is 0 Å². The summed E-state index contributed by atoms with van der Waals surface area (Å²) < 4.78 is 5.79. The summed E-state index contributed by atoms with van der Waals surface area (Å²) in [6.07, 6.45) is 8.47. The minimum atomic E-state index is -0.317. The maximum atomic E-state index is 7.90. The third kappa shape index (κ3) is 4.89. The van der Waals surface area contributed by atoms with E-state index in [1.54, 1.807) is 0 Å². The number of benzene rings is 2. The first-order valence-corrected chi connectivity index (χ1v) is 10.8. The van der Waals surface area contributed by atoms with E-state index in [1.165, 1.54) is 6.21 Å². The number of nitrogens with one attached hydrogen (secondary N) is 2. The quantitative estimate of drug-likeness (QED) is 0.506. The number of alkyl halides is 1. The third-order valence-electron chi connectivity index (χ3n) is 5.34. The minimum absolute atomic E-state index is 0.0264. The Hall–Kier alpha value is -2.69. The topological polar surface area (TPSA) is 57.5 Å². The summed E-state index contributed by atoms with van der Waals surface area (Å²) in [5.74, 6) is 0. The fourth-order valence-electron chi connectivity index (χ4n) is 3.77. The molecule has 4 nitrogen and oxygen atoms in total. The van der Waals surface area contributed by atoms with E-state index in [0.717, 1.165) is 54.0 Å². The van der Waals surface area contributed by atoms with Gasteiger partial charge < -0.3 is 15.5 Å². The Morgan fingerprint density at radius 3 is 2.23 bits per heavy atom. The van der Waals surface area contributed by atoms with Gasteiger partial charge in [-0.3, -0.25) is 4.99 Å². The van der Waals surface area contributed by atoms with Gasteiger partial charge in [-0.15, -0.1) is 11.6 Å². The fourth-order valence-corrected chi connectivity index (χ4v) is 4.03. The van der Waals surface area contributed by atoms with Gasteiger partial charge in [0, 0.05) is 35.2 Å². The zero-order valence-electron chi connectivity index (χ0n) is 16.8. The summed E-state index contributed by atoms with van der Waals surface area (Å²) in [5, 5.41) is 11.0. The van der Waals surface area contributed by atoms with Crippen molar-refractivity contribution in [2.24, 2.45) is 4.99 Å². The van der Waals surface area contributed by atoms with Gasteiger partial charge in [-0.1, -0.05) is 60.7 Å². The van der Waals surface area contributed by atoms with Crippen LogP contribution in [0.3, 0.4) is 0 Å². The predicted octanol–water partition coefficient (Wildman–Crippen LogP) is 5.09. The first-order chi connectivity index (χ1) is 14.7. The van der Waals surface area contributed by atoms with Crippen molar-refractivity contribution in [3.8, 4) is 0 Å². The smallest absolute Gasteiger partial charge is 0.127 e. The molecule has 0 amide bonds. The van der Waals surface area contributed by atoms with Crippen molar-refractivity contribution < 1.29 is 4.74 Å². The Labute approximate surface area is 182 Å². The van der Waals surface area contributed by atoms with Crippen LogP contribution in [0.15, 0.2) is 89.1 Å². The lowest BCUT2D eigenvalue weighted by molar-refractivity contribution is 0.00156. The Morgan fingerprint density at radius 1 is 1.00 bits per heavy atom. The Balaban J connectivity index is 1.64. The van der Waals surface area contributed by atoms with Gasteiger partial charge in [-0.25, -0.2) is 0 Å².